The largest absolute Gasteiger partial charge is 0.465 e. The fourth-order valence-corrected chi connectivity index (χ4v) is 3.64. The Hall–Kier alpha value is -2.32. The zero-order valence-corrected chi connectivity index (χ0v) is 15.8. The first-order chi connectivity index (χ1) is 12.6. The topological polar surface area (TPSA) is 86.2 Å². The first kappa shape index (κ1) is 18.5. The molecule has 1 atom stereocenters. The highest BCUT2D eigenvalue weighted by Gasteiger charge is 2.21. The summed E-state index contributed by atoms with van der Waals surface area (Å²) in [4.78, 5) is 32.8. The van der Waals surface area contributed by atoms with Gasteiger partial charge in [0, 0.05) is 18.0 Å². The first-order valence-corrected chi connectivity index (χ1v) is 9.28. The van der Waals surface area contributed by atoms with Crippen molar-refractivity contribution in [2.75, 3.05) is 20.3 Å². The van der Waals surface area contributed by atoms with Crippen LogP contribution < -0.4 is 5.56 Å². The van der Waals surface area contributed by atoms with Gasteiger partial charge in [0.2, 0.25) is 0 Å². The molecule has 1 N–H and O–H groups in total. The van der Waals surface area contributed by atoms with Crippen molar-refractivity contribution in [1.82, 2.24) is 14.5 Å². The number of ether oxygens (including phenoxy) is 2. The molecule has 0 amide bonds. The summed E-state index contributed by atoms with van der Waals surface area (Å²) < 4.78 is 11.7. The van der Waals surface area contributed by atoms with Gasteiger partial charge in [-0.25, -0.2) is 4.98 Å². The molecule has 26 heavy (non-hydrogen) atoms. The Labute approximate surface area is 154 Å². The molecule has 0 saturated carbocycles. The zero-order chi connectivity index (χ0) is 18.7. The Bertz CT molecular complexity index is 995. The number of aromatic nitrogens is 3. The molecule has 0 aliphatic heterocycles. The van der Waals surface area contributed by atoms with E-state index in [4.69, 9.17) is 14.5 Å². The number of nitrogens with zero attached hydrogens (tertiary/aromatic N) is 2. The standard InChI is InChI=1S/C18H21N3O4S/c1-4-25-17(23)11(2)26-18-20-14-12-7-5-6-8-13(12)19-15(14)16(22)21(18)9-10-24-3/h5-8,11,19H,4,9-10H2,1-3H3/t11-/m0/s1. The van der Waals surface area contributed by atoms with Crippen molar-refractivity contribution < 1.29 is 14.3 Å². The van der Waals surface area contributed by atoms with Crippen LogP contribution in [-0.4, -0.2) is 46.1 Å². The number of carbonyl (C=O) groups is 1. The fourth-order valence-electron chi connectivity index (χ4n) is 2.71. The third-order valence-corrected chi connectivity index (χ3v) is 5.06. The van der Waals surface area contributed by atoms with Crippen molar-refractivity contribution in [1.29, 1.82) is 0 Å². The Kier molecular flexibility index (Phi) is 5.63. The van der Waals surface area contributed by atoms with Crippen molar-refractivity contribution in [2.45, 2.75) is 30.8 Å². The predicted molar refractivity (Wildman–Crippen MR) is 102 cm³/mol. The van der Waals surface area contributed by atoms with Crippen molar-refractivity contribution in [3.63, 3.8) is 0 Å². The summed E-state index contributed by atoms with van der Waals surface area (Å²) in [7, 11) is 1.58. The molecular formula is C18H21N3O4S. The number of para-hydroxylation sites is 1. The van der Waals surface area contributed by atoms with Gasteiger partial charge in [0.15, 0.2) is 5.16 Å². The fraction of sp³-hybridized carbons (Fsp3) is 0.389. The molecule has 0 aliphatic rings. The SMILES string of the molecule is CCOC(=O)[C@H](C)Sc1nc2c([nH]c3ccccc32)c(=O)n1CCOC. The van der Waals surface area contributed by atoms with Crippen LogP contribution in [0.15, 0.2) is 34.2 Å². The molecule has 0 fully saturated rings. The number of H-pyrrole nitrogens is 1. The van der Waals surface area contributed by atoms with E-state index in [1.54, 1.807) is 25.5 Å². The second-order valence-corrected chi connectivity index (χ2v) is 7.06. The van der Waals surface area contributed by atoms with Crippen LogP contribution in [0.3, 0.4) is 0 Å². The van der Waals surface area contributed by atoms with Crippen LogP contribution in [0.2, 0.25) is 0 Å². The average Bonchev–Trinajstić information content (AvgIpc) is 3.01. The number of fused-ring (bicyclic) bond motifs is 3. The lowest BCUT2D eigenvalue weighted by Gasteiger charge is -2.14. The summed E-state index contributed by atoms with van der Waals surface area (Å²) in [6, 6.07) is 7.63. The zero-order valence-electron chi connectivity index (χ0n) is 14.9. The van der Waals surface area contributed by atoms with Gasteiger partial charge >= 0.3 is 5.97 Å². The lowest BCUT2D eigenvalue weighted by atomic mass is 10.2. The summed E-state index contributed by atoms with van der Waals surface area (Å²) in [6.45, 7) is 4.55. The normalized spacial score (nSPS) is 12.6. The highest BCUT2D eigenvalue weighted by molar-refractivity contribution is 8.00. The molecule has 0 aliphatic carbocycles. The third kappa shape index (κ3) is 3.47. The summed E-state index contributed by atoms with van der Waals surface area (Å²) in [6.07, 6.45) is 0. The van der Waals surface area contributed by atoms with Gasteiger partial charge in [0.05, 0.1) is 19.8 Å². The Morgan fingerprint density at radius 1 is 1.38 bits per heavy atom. The van der Waals surface area contributed by atoms with E-state index in [1.165, 1.54) is 11.8 Å². The molecule has 3 rings (SSSR count). The Morgan fingerprint density at radius 3 is 2.88 bits per heavy atom. The third-order valence-electron chi connectivity index (χ3n) is 4.00. The summed E-state index contributed by atoms with van der Waals surface area (Å²) in [5, 5.41) is 0.882. The van der Waals surface area contributed by atoms with E-state index in [0.29, 0.717) is 35.9 Å². The van der Waals surface area contributed by atoms with Gasteiger partial charge < -0.3 is 14.5 Å². The lowest BCUT2D eigenvalue weighted by molar-refractivity contribution is -0.142. The molecule has 0 spiro atoms. The van der Waals surface area contributed by atoms with E-state index >= 15 is 0 Å². The molecule has 3 aromatic rings. The quantitative estimate of drug-likeness (QED) is 0.388. The number of methoxy groups -OCH3 is 1. The Morgan fingerprint density at radius 2 is 2.15 bits per heavy atom. The highest BCUT2D eigenvalue weighted by Crippen LogP contribution is 2.27. The molecular weight excluding hydrogens is 354 g/mol. The van der Waals surface area contributed by atoms with E-state index in [9.17, 15) is 9.59 Å². The maximum Gasteiger partial charge on any atom is 0.319 e. The van der Waals surface area contributed by atoms with Gasteiger partial charge in [-0.1, -0.05) is 30.0 Å². The smallest absolute Gasteiger partial charge is 0.319 e. The predicted octanol–water partition coefficient (Wildman–Crippen LogP) is 2.57. The van der Waals surface area contributed by atoms with E-state index in [-0.39, 0.29) is 11.5 Å². The highest BCUT2D eigenvalue weighted by atomic mass is 32.2. The van der Waals surface area contributed by atoms with Gasteiger partial charge in [0.1, 0.15) is 16.3 Å². The number of hydrogen-bond acceptors (Lipinski definition) is 6. The van der Waals surface area contributed by atoms with Crippen LogP contribution in [0.25, 0.3) is 21.9 Å². The molecule has 0 unspecified atom stereocenters. The van der Waals surface area contributed by atoms with Crippen molar-refractivity contribution in [3.05, 3.63) is 34.6 Å². The van der Waals surface area contributed by atoms with Crippen LogP contribution >= 0.6 is 11.8 Å². The maximum absolute atomic E-state index is 13.0. The summed E-state index contributed by atoms with van der Waals surface area (Å²) in [5.74, 6) is -0.330. The number of esters is 1. The molecule has 138 valence electrons. The molecule has 1 aromatic carbocycles. The van der Waals surface area contributed by atoms with Crippen LogP contribution in [0.5, 0.6) is 0 Å². The monoisotopic (exact) mass is 375 g/mol. The Balaban J connectivity index is 2.13. The van der Waals surface area contributed by atoms with Crippen LogP contribution in [0.4, 0.5) is 0 Å². The molecule has 8 heteroatoms. The number of aromatic amines is 1. The van der Waals surface area contributed by atoms with Gasteiger partial charge in [0.25, 0.3) is 5.56 Å². The minimum atomic E-state index is -0.474. The molecule has 2 heterocycles. The summed E-state index contributed by atoms with van der Waals surface area (Å²) >= 11 is 1.22. The number of benzene rings is 1. The maximum atomic E-state index is 13.0. The average molecular weight is 375 g/mol. The minimum absolute atomic E-state index is 0.179. The number of carbonyl (C=O) groups excluding carboxylic acids is 1. The molecule has 0 saturated heterocycles. The minimum Gasteiger partial charge on any atom is -0.465 e. The molecule has 7 nitrogen and oxygen atoms in total. The van der Waals surface area contributed by atoms with Crippen LogP contribution in [0, 0.1) is 0 Å². The van der Waals surface area contributed by atoms with E-state index in [0.717, 1.165) is 10.9 Å². The summed E-state index contributed by atoms with van der Waals surface area (Å²) in [5.41, 5.74) is 1.74. The van der Waals surface area contributed by atoms with Crippen LogP contribution in [-0.2, 0) is 20.8 Å². The lowest BCUT2D eigenvalue weighted by Crippen LogP contribution is -2.27. The van der Waals surface area contributed by atoms with E-state index < -0.39 is 5.25 Å². The van der Waals surface area contributed by atoms with E-state index in [1.807, 2.05) is 24.3 Å². The number of thioether (sulfide) groups is 1. The van der Waals surface area contributed by atoms with E-state index in [2.05, 4.69) is 4.98 Å². The van der Waals surface area contributed by atoms with Gasteiger partial charge in [-0.15, -0.1) is 0 Å². The van der Waals surface area contributed by atoms with Crippen molar-refractivity contribution >= 4 is 39.7 Å². The molecule has 0 bridgehead atoms. The second kappa shape index (κ2) is 7.92. The number of hydrogen-bond donors (Lipinski definition) is 1. The van der Waals surface area contributed by atoms with Gasteiger partial charge in [-0.2, -0.15) is 0 Å². The number of nitrogens with one attached hydrogen (secondary N) is 1. The van der Waals surface area contributed by atoms with Gasteiger partial charge in [-0.3, -0.25) is 14.2 Å². The number of rotatable bonds is 7. The van der Waals surface area contributed by atoms with Crippen molar-refractivity contribution in [3.8, 4) is 0 Å². The molecule has 0 radical (unpaired) electrons. The second-order valence-electron chi connectivity index (χ2n) is 5.75. The molecule has 2 aromatic heterocycles. The van der Waals surface area contributed by atoms with Gasteiger partial charge in [-0.05, 0) is 19.9 Å². The first-order valence-electron chi connectivity index (χ1n) is 8.40. The van der Waals surface area contributed by atoms with Crippen LogP contribution in [0.1, 0.15) is 13.8 Å². The van der Waals surface area contributed by atoms with Crippen molar-refractivity contribution in [2.24, 2.45) is 0 Å².